The highest BCUT2D eigenvalue weighted by molar-refractivity contribution is 5.60. The summed E-state index contributed by atoms with van der Waals surface area (Å²) >= 11 is 0. The molecule has 1 N–H and O–H groups in total. The molecule has 0 spiro atoms. The Hall–Kier alpha value is -2.01. The molecule has 5 nitrogen and oxygen atoms in total. The molecule has 2 rings (SSSR count). The lowest BCUT2D eigenvalue weighted by Crippen LogP contribution is -2.02. The summed E-state index contributed by atoms with van der Waals surface area (Å²) in [5.74, 6) is 1.47. The molecule has 2 heterocycles. The predicted molar refractivity (Wildman–Crippen MR) is 70.3 cm³/mol. The predicted octanol–water partition coefficient (Wildman–Crippen LogP) is 2.04. The first-order chi connectivity index (χ1) is 8.74. The molecular weight excluding hydrogens is 228 g/mol. The summed E-state index contributed by atoms with van der Waals surface area (Å²) in [6, 6.07) is 3.80. The van der Waals surface area contributed by atoms with Crippen LogP contribution in [-0.2, 0) is 11.3 Å². The highest BCUT2D eigenvalue weighted by Gasteiger charge is 2.08. The molecule has 0 aromatic carbocycles. The van der Waals surface area contributed by atoms with E-state index in [4.69, 9.17) is 4.74 Å². The highest BCUT2D eigenvalue weighted by Crippen LogP contribution is 2.20. The number of rotatable bonds is 4. The van der Waals surface area contributed by atoms with Gasteiger partial charge in [0.05, 0.1) is 12.3 Å². The average Bonchev–Trinajstić information content (AvgIpc) is 2.39. The van der Waals surface area contributed by atoms with Crippen LogP contribution in [0.15, 0.2) is 24.5 Å². The van der Waals surface area contributed by atoms with Gasteiger partial charge in [0.25, 0.3) is 0 Å². The summed E-state index contributed by atoms with van der Waals surface area (Å²) in [5.41, 5.74) is 2.89. The second-order valence-electron chi connectivity index (χ2n) is 3.94. The number of aromatic nitrogens is 3. The Kier molecular flexibility index (Phi) is 3.84. The van der Waals surface area contributed by atoms with Crippen LogP contribution in [0.4, 0.5) is 5.82 Å². The van der Waals surface area contributed by atoms with Crippen molar-refractivity contribution in [1.29, 1.82) is 0 Å². The summed E-state index contributed by atoms with van der Waals surface area (Å²) in [4.78, 5) is 13.0. The second-order valence-corrected chi connectivity index (χ2v) is 3.94. The lowest BCUT2D eigenvalue weighted by atomic mass is 10.1. The van der Waals surface area contributed by atoms with E-state index < -0.39 is 0 Å². The number of hydrogen-bond acceptors (Lipinski definition) is 5. The minimum absolute atomic E-state index is 0.467. The third kappa shape index (κ3) is 2.62. The van der Waals surface area contributed by atoms with Crippen molar-refractivity contribution in [2.75, 3.05) is 19.5 Å². The first-order valence-corrected chi connectivity index (χ1v) is 5.70. The molecule has 0 bridgehead atoms. The van der Waals surface area contributed by atoms with E-state index in [1.54, 1.807) is 19.5 Å². The van der Waals surface area contributed by atoms with E-state index in [1.165, 1.54) is 0 Å². The van der Waals surface area contributed by atoms with Gasteiger partial charge < -0.3 is 10.1 Å². The first kappa shape index (κ1) is 12.4. The summed E-state index contributed by atoms with van der Waals surface area (Å²) in [6.07, 6.45) is 3.55. The minimum Gasteiger partial charge on any atom is -0.378 e. The second kappa shape index (κ2) is 5.55. The van der Waals surface area contributed by atoms with Gasteiger partial charge in [0.1, 0.15) is 5.82 Å². The quantitative estimate of drug-likeness (QED) is 0.891. The lowest BCUT2D eigenvalue weighted by molar-refractivity contribution is 0.181. The molecule has 0 saturated carbocycles. The Labute approximate surface area is 106 Å². The van der Waals surface area contributed by atoms with Gasteiger partial charge in [0.15, 0.2) is 5.82 Å². The van der Waals surface area contributed by atoms with Crippen molar-refractivity contribution in [2.45, 2.75) is 13.5 Å². The molecular formula is C13H16N4O. The van der Waals surface area contributed by atoms with Crippen LogP contribution < -0.4 is 5.32 Å². The molecule has 0 saturated heterocycles. The Bertz CT molecular complexity index is 542. The molecule has 0 aliphatic carbocycles. The molecule has 0 amide bonds. The molecule has 0 fully saturated rings. The van der Waals surface area contributed by atoms with Crippen LogP contribution in [-0.4, -0.2) is 29.1 Å². The standard InChI is InChI=1S/C13H16N4O/c1-9-7-15-5-4-11(9)13-16-10(8-18-3)6-12(14-2)17-13/h4-7H,8H2,1-3H3,(H,14,16,17). The van der Waals surface area contributed by atoms with Crippen LogP contribution in [0.2, 0.25) is 0 Å². The number of pyridine rings is 1. The van der Waals surface area contributed by atoms with Crippen molar-refractivity contribution >= 4 is 5.82 Å². The van der Waals surface area contributed by atoms with Crippen LogP contribution >= 0.6 is 0 Å². The number of aryl methyl sites for hydroxylation is 1. The SMILES string of the molecule is CNc1cc(COC)nc(-c2ccncc2C)n1. The van der Waals surface area contributed by atoms with Crippen molar-refractivity contribution in [2.24, 2.45) is 0 Å². The summed E-state index contributed by atoms with van der Waals surface area (Å²) in [7, 11) is 3.49. The van der Waals surface area contributed by atoms with Gasteiger partial charge in [-0.2, -0.15) is 0 Å². The number of methoxy groups -OCH3 is 1. The molecule has 0 aliphatic heterocycles. The van der Waals surface area contributed by atoms with Crippen molar-refractivity contribution in [3.05, 3.63) is 35.8 Å². The monoisotopic (exact) mass is 244 g/mol. The number of anilines is 1. The van der Waals surface area contributed by atoms with Crippen molar-refractivity contribution < 1.29 is 4.74 Å². The lowest BCUT2D eigenvalue weighted by Gasteiger charge is -2.08. The molecule has 0 radical (unpaired) electrons. The Balaban J connectivity index is 2.50. The minimum atomic E-state index is 0.467. The smallest absolute Gasteiger partial charge is 0.162 e. The zero-order chi connectivity index (χ0) is 13.0. The number of ether oxygens (including phenoxy) is 1. The fourth-order valence-electron chi connectivity index (χ4n) is 1.69. The van der Waals surface area contributed by atoms with E-state index in [9.17, 15) is 0 Å². The van der Waals surface area contributed by atoms with Crippen LogP contribution in [0.1, 0.15) is 11.3 Å². The Morgan fingerprint density at radius 3 is 2.83 bits per heavy atom. The third-order valence-corrected chi connectivity index (χ3v) is 2.59. The van der Waals surface area contributed by atoms with Gasteiger partial charge in [0.2, 0.25) is 0 Å². The van der Waals surface area contributed by atoms with Crippen LogP contribution in [0.25, 0.3) is 11.4 Å². The molecule has 2 aromatic rings. The van der Waals surface area contributed by atoms with Gasteiger partial charge in [-0.3, -0.25) is 4.98 Å². The van der Waals surface area contributed by atoms with Gasteiger partial charge in [-0.15, -0.1) is 0 Å². The Morgan fingerprint density at radius 1 is 1.33 bits per heavy atom. The Morgan fingerprint density at radius 2 is 2.17 bits per heavy atom. The van der Waals surface area contributed by atoms with Crippen molar-refractivity contribution in [3.63, 3.8) is 0 Å². The molecule has 2 aromatic heterocycles. The fourth-order valence-corrected chi connectivity index (χ4v) is 1.69. The highest BCUT2D eigenvalue weighted by atomic mass is 16.5. The van der Waals surface area contributed by atoms with E-state index in [0.717, 1.165) is 22.6 Å². The average molecular weight is 244 g/mol. The molecule has 18 heavy (non-hydrogen) atoms. The van der Waals surface area contributed by atoms with E-state index in [1.807, 2.05) is 26.1 Å². The maximum Gasteiger partial charge on any atom is 0.162 e. The summed E-state index contributed by atoms with van der Waals surface area (Å²) < 4.78 is 5.12. The van der Waals surface area contributed by atoms with E-state index in [0.29, 0.717) is 12.4 Å². The molecule has 0 aliphatic rings. The van der Waals surface area contributed by atoms with E-state index in [2.05, 4.69) is 20.3 Å². The maximum atomic E-state index is 5.12. The van der Waals surface area contributed by atoms with E-state index >= 15 is 0 Å². The molecule has 94 valence electrons. The molecule has 0 atom stereocenters. The van der Waals surface area contributed by atoms with Crippen molar-refractivity contribution in [1.82, 2.24) is 15.0 Å². The summed E-state index contributed by atoms with van der Waals surface area (Å²) in [6.45, 7) is 2.46. The number of hydrogen-bond donors (Lipinski definition) is 1. The van der Waals surface area contributed by atoms with Crippen LogP contribution in [0, 0.1) is 6.92 Å². The third-order valence-electron chi connectivity index (χ3n) is 2.59. The van der Waals surface area contributed by atoms with Crippen LogP contribution in [0.3, 0.4) is 0 Å². The fraction of sp³-hybridized carbons (Fsp3) is 0.308. The first-order valence-electron chi connectivity index (χ1n) is 5.70. The van der Waals surface area contributed by atoms with E-state index in [-0.39, 0.29) is 0 Å². The normalized spacial score (nSPS) is 10.4. The van der Waals surface area contributed by atoms with Crippen molar-refractivity contribution in [3.8, 4) is 11.4 Å². The maximum absolute atomic E-state index is 5.12. The molecule has 5 heteroatoms. The van der Waals surface area contributed by atoms with Gasteiger partial charge in [0, 0.05) is 38.2 Å². The van der Waals surface area contributed by atoms with Gasteiger partial charge in [-0.25, -0.2) is 9.97 Å². The van der Waals surface area contributed by atoms with Crippen LogP contribution in [0.5, 0.6) is 0 Å². The number of nitrogens with zero attached hydrogens (tertiary/aromatic N) is 3. The molecule has 0 unspecified atom stereocenters. The zero-order valence-electron chi connectivity index (χ0n) is 10.8. The summed E-state index contributed by atoms with van der Waals surface area (Å²) in [5, 5.41) is 3.03. The number of nitrogens with one attached hydrogen (secondary N) is 1. The van der Waals surface area contributed by atoms with Gasteiger partial charge in [-0.1, -0.05) is 0 Å². The van der Waals surface area contributed by atoms with Gasteiger partial charge >= 0.3 is 0 Å². The largest absolute Gasteiger partial charge is 0.378 e. The van der Waals surface area contributed by atoms with Gasteiger partial charge in [-0.05, 0) is 18.6 Å². The zero-order valence-corrected chi connectivity index (χ0v) is 10.8. The topological polar surface area (TPSA) is 59.9 Å².